The van der Waals surface area contributed by atoms with Crippen molar-refractivity contribution in [2.24, 2.45) is 0 Å². The summed E-state index contributed by atoms with van der Waals surface area (Å²) in [5, 5.41) is 4.24. The largest absolute Gasteiger partial charge is 0.370 e. The van der Waals surface area contributed by atoms with Gasteiger partial charge in [0.2, 0.25) is 5.95 Å². The van der Waals surface area contributed by atoms with E-state index in [2.05, 4.69) is 34.5 Å². The van der Waals surface area contributed by atoms with Gasteiger partial charge >= 0.3 is 0 Å². The first-order valence-corrected chi connectivity index (χ1v) is 9.83. The molecule has 5 heteroatoms. The van der Waals surface area contributed by atoms with Crippen molar-refractivity contribution in [3.8, 4) is 11.3 Å². The number of nitrogens with zero attached hydrogens (tertiary/aromatic N) is 3. The van der Waals surface area contributed by atoms with Crippen molar-refractivity contribution in [2.75, 3.05) is 29.9 Å². The lowest BCUT2D eigenvalue weighted by Crippen LogP contribution is -2.21. The number of benzene rings is 2. The summed E-state index contributed by atoms with van der Waals surface area (Å²) in [6.07, 6.45) is 3.33. The van der Waals surface area contributed by atoms with Crippen LogP contribution >= 0.6 is 11.6 Å². The van der Waals surface area contributed by atoms with E-state index < -0.39 is 0 Å². The molecule has 4 nitrogen and oxygen atoms in total. The molecule has 1 fully saturated rings. The Morgan fingerprint density at radius 3 is 2.41 bits per heavy atom. The van der Waals surface area contributed by atoms with Gasteiger partial charge in [-0.05, 0) is 37.0 Å². The van der Waals surface area contributed by atoms with Gasteiger partial charge in [0.05, 0.1) is 5.69 Å². The highest BCUT2D eigenvalue weighted by molar-refractivity contribution is 6.30. The monoisotopic (exact) mass is 378 g/mol. The molecule has 0 bridgehead atoms. The molecule has 1 N–H and O–H groups in total. The van der Waals surface area contributed by atoms with Gasteiger partial charge in [0.15, 0.2) is 0 Å². The van der Waals surface area contributed by atoms with Gasteiger partial charge in [-0.3, -0.25) is 0 Å². The van der Waals surface area contributed by atoms with E-state index in [1.54, 1.807) is 0 Å². The molecule has 1 saturated heterocycles. The van der Waals surface area contributed by atoms with Gasteiger partial charge in [-0.15, -0.1) is 0 Å². The molecule has 3 aromatic rings. The molecule has 138 valence electrons. The number of aromatic nitrogens is 2. The van der Waals surface area contributed by atoms with Crippen molar-refractivity contribution >= 4 is 23.4 Å². The maximum absolute atomic E-state index is 5.96. The number of nitrogens with one attached hydrogen (secondary N) is 1. The molecule has 1 aliphatic heterocycles. The first-order valence-electron chi connectivity index (χ1n) is 9.46. The van der Waals surface area contributed by atoms with Crippen molar-refractivity contribution in [1.82, 2.24) is 9.97 Å². The van der Waals surface area contributed by atoms with Gasteiger partial charge in [0.1, 0.15) is 5.82 Å². The zero-order chi connectivity index (χ0) is 18.5. The van der Waals surface area contributed by atoms with Gasteiger partial charge in [-0.2, -0.15) is 4.98 Å². The predicted molar refractivity (Wildman–Crippen MR) is 113 cm³/mol. The Labute approximate surface area is 165 Å². The van der Waals surface area contributed by atoms with Crippen LogP contribution in [0.5, 0.6) is 0 Å². The molecular formula is C22H23ClN4. The van der Waals surface area contributed by atoms with Crippen LogP contribution in [0.1, 0.15) is 18.4 Å². The molecule has 2 heterocycles. The van der Waals surface area contributed by atoms with Crippen LogP contribution < -0.4 is 10.2 Å². The van der Waals surface area contributed by atoms with Crippen molar-refractivity contribution in [3.05, 3.63) is 71.2 Å². The fourth-order valence-electron chi connectivity index (χ4n) is 3.33. The van der Waals surface area contributed by atoms with Gasteiger partial charge in [0, 0.05) is 36.3 Å². The van der Waals surface area contributed by atoms with E-state index in [0.29, 0.717) is 0 Å². The Morgan fingerprint density at radius 2 is 1.67 bits per heavy atom. The number of halogens is 1. The lowest BCUT2D eigenvalue weighted by atomic mass is 10.1. The minimum absolute atomic E-state index is 0.769. The third-order valence-electron chi connectivity index (χ3n) is 4.81. The zero-order valence-electron chi connectivity index (χ0n) is 15.2. The Kier molecular flexibility index (Phi) is 5.54. The number of rotatable bonds is 6. The second-order valence-corrected chi connectivity index (χ2v) is 7.24. The van der Waals surface area contributed by atoms with Crippen molar-refractivity contribution in [1.29, 1.82) is 0 Å². The maximum Gasteiger partial charge on any atom is 0.227 e. The van der Waals surface area contributed by atoms with E-state index >= 15 is 0 Å². The summed E-state index contributed by atoms with van der Waals surface area (Å²) in [5.41, 5.74) is 3.33. The molecule has 27 heavy (non-hydrogen) atoms. The molecule has 1 aliphatic rings. The molecule has 2 aromatic carbocycles. The van der Waals surface area contributed by atoms with E-state index in [4.69, 9.17) is 21.6 Å². The van der Waals surface area contributed by atoms with E-state index in [1.807, 2.05) is 36.4 Å². The second kappa shape index (κ2) is 8.40. The average molecular weight is 379 g/mol. The van der Waals surface area contributed by atoms with Gasteiger partial charge in [0.25, 0.3) is 0 Å². The van der Waals surface area contributed by atoms with Crippen LogP contribution in [0.2, 0.25) is 5.02 Å². The Hall–Kier alpha value is -2.59. The summed E-state index contributed by atoms with van der Waals surface area (Å²) in [4.78, 5) is 11.9. The first kappa shape index (κ1) is 17.8. The first-order chi connectivity index (χ1) is 13.3. The number of hydrogen-bond donors (Lipinski definition) is 1. The highest BCUT2D eigenvalue weighted by atomic mass is 35.5. The normalized spacial score (nSPS) is 13.7. The van der Waals surface area contributed by atoms with E-state index in [0.717, 1.165) is 54.1 Å². The predicted octanol–water partition coefficient (Wildman–Crippen LogP) is 5.05. The van der Waals surface area contributed by atoms with Crippen LogP contribution in [-0.4, -0.2) is 29.6 Å². The van der Waals surface area contributed by atoms with E-state index in [1.165, 1.54) is 18.4 Å². The Bertz CT molecular complexity index is 875. The minimum atomic E-state index is 0.769. The molecule has 0 spiro atoms. The lowest BCUT2D eigenvalue weighted by molar-refractivity contribution is 0.896. The highest BCUT2D eigenvalue weighted by Crippen LogP contribution is 2.24. The third kappa shape index (κ3) is 4.58. The van der Waals surface area contributed by atoms with E-state index in [-0.39, 0.29) is 0 Å². The molecular weight excluding hydrogens is 356 g/mol. The SMILES string of the molecule is Clc1ccc(CCNc2cc(-c3ccccc3)nc(N3CCCC3)n2)cc1. The molecule has 1 aromatic heterocycles. The lowest BCUT2D eigenvalue weighted by Gasteiger charge is -2.18. The number of hydrogen-bond acceptors (Lipinski definition) is 4. The minimum Gasteiger partial charge on any atom is -0.370 e. The van der Waals surface area contributed by atoms with Gasteiger partial charge in [-0.1, -0.05) is 54.1 Å². The smallest absolute Gasteiger partial charge is 0.227 e. The van der Waals surface area contributed by atoms with Gasteiger partial charge in [-0.25, -0.2) is 4.98 Å². The Balaban J connectivity index is 1.53. The summed E-state index contributed by atoms with van der Waals surface area (Å²) in [5.74, 6) is 1.70. The third-order valence-corrected chi connectivity index (χ3v) is 5.06. The molecule has 0 aliphatic carbocycles. The summed E-state index contributed by atoms with van der Waals surface area (Å²) in [6, 6.07) is 20.3. The van der Waals surface area contributed by atoms with Crippen molar-refractivity contribution in [3.63, 3.8) is 0 Å². The second-order valence-electron chi connectivity index (χ2n) is 6.80. The molecule has 0 unspecified atom stereocenters. The van der Waals surface area contributed by atoms with Crippen LogP contribution in [0.4, 0.5) is 11.8 Å². The van der Waals surface area contributed by atoms with E-state index in [9.17, 15) is 0 Å². The van der Waals surface area contributed by atoms with Crippen molar-refractivity contribution in [2.45, 2.75) is 19.3 Å². The standard InChI is InChI=1S/C22H23ClN4/c23-19-10-8-17(9-11-19)12-13-24-21-16-20(18-6-2-1-3-7-18)25-22(26-21)27-14-4-5-15-27/h1-3,6-11,16H,4-5,12-15H2,(H,24,25,26). The summed E-state index contributed by atoms with van der Waals surface area (Å²) < 4.78 is 0. The average Bonchev–Trinajstić information content (AvgIpc) is 3.25. The fourth-order valence-corrected chi connectivity index (χ4v) is 3.45. The summed E-state index contributed by atoms with van der Waals surface area (Å²) >= 11 is 5.96. The molecule has 0 saturated carbocycles. The topological polar surface area (TPSA) is 41.1 Å². The Morgan fingerprint density at radius 1 is 0.926 bits per heavy atom. The van der Waals surface area contributed by atoms with Crippen LogP contribution in [-0.2, 0) is 6.42 Å². The molecule has 0 atom stereocenters. The molecule has 0 radical (unpaired) electrons. The zero-order valence-corrected chi connectivity index (χ0v) is 16.0. The van der Waals surface area contributed by atoms with Crippen LogP contribution in [0.15, 0.2) is 60.7 Å². The van der Waals surface area contributed by atoms with Crippen LogP contribution in [0.25, 0.3) is 11.3 Å². The number of anilines is 2. The van der Waals surface area contributed by atoms with Crippen molar-refractivity contribution < 1.29 is 0 Å². The quantitative estimate of drug-likeness (QED) is 0.651. The molecule has 4 rings (SSSR count). The maximum atomic E-state index is 5.96. The highest BCUT2D eigenvalue weighted by Gasteiger charge is 2.17. The fraction of sp³-hybridized carbons (Fsp3) is 0.273. The molecule has 0 amide bonds. The summed E-state index contributed by atoms with van der Waals surface area (Å²) in [7, 11) is 0. The van der Waals surface area contributed by atoms with Gasteiger partial charge < -0.3 is 10.2 Å². The summed E-state index contributed by atoms with van der Waals surface area (Å²) in [6.45, 7) is 2.87. The van der Waals surface area contributed by atoms with Crippen LogP contribution in [0, 0.1) is 0 Å². The van der Waals surface area contributed by atoms with Crippen LogP contribution in [0.3, 0.4) is 0 Å².